The van der Waals surface area contributed by atoms with Crippen LogP contribution in [0.2, 0.25) is 0 Å². The fourth-order valence-electron chi connectivity index (χ4n) is 2.85. The summed E-state index contributed by atoms with van der Waals surface area (Å²) >= 11 is 3.24. The van der Waals surface area contributed by atoms with Gasteiger partial charge < -0.3 is 14.8 Å². The summed E-state index contributed by atoms with van der Waals surface area (Å²) in [5.74, 6) is 0.224. The standard InChI is InChI=1S/C21H18N2O5S2/c24-16(13-7-8-17-15(10-13)22-19(25)12-27-17)11-28-20(26)6-3-9-29-21-23-14-4-1-2-5-18(14)30-21/h1-2,4-5,7-8,10H,3,6,9,11-12H2,(H,22,25). The van der Waals surface area contributed by atoms with Crippen molar-refractivity contribution >= 4 is 56.7 Å². The van der Waals surface area contributed by atoms with Gasteiger partial charge in [-0.25, -0.2) is 4.98 Å². The summed E-state index contributed by atoms with van der Waals surface area (Å²) in [4.78, 5) is 40.1. The van der Waals surface area contributed by atoms with E-state index in [0.29, 0.717) is 23.4 Å². The molecule has 7 nitrogen and oxygen atoms in total. The average molecular weight is 443 g/mol. The second-order valence-electron chi connectivity index (χ2n) is 6.53. The molecule has 0 bridgehead atoms. The van der Waals surface area contributed by atoms with Crippen molar-refractivity contribution in [2.24, 2.45) is 0 Å². The summed E-state index contributed by atoms with van der Waals surface area (Å²) in [6.07, 6.45) is 0.870. The third-order valence-corrected chi connectivity index (χ3v) is 6.59. The van der Waals surface area contributed by atoms with Gasteiger partial charge in [0.25, 0.3) is 5.91 Å². The number of aromatic nitrogens is 1. The molecule has 0 atom stereocenters. The molecule has 0 fully saturated rings. The van der Waals surface area contributed by atoms with Gasteiger partial charge in [0.05, 0.1) is 15.9 Å². The van der Waals surface area contributed by atoms with E-state index in [1.165, 1.54) is 6.07 Å². The molecule has 154 valence electrons. The summed E-state index contributed by atoms with van der Waals surface area (Å²) in [5, 5.41) is 2.65. The number of carbonyl (C=O) groups is 3. The van der Waals surface area contributed by atoms with Crippen molar-refractivity contribution in [2.75, 3.05) is 24.3 Å². The van der Waals surface area contributed by atoms with Gasteiger partial charge in [-0.05, 0) is 36.8 Å². The number of benzene rings is 2. The zero-order valence-corrected chi connectivity index (χ0v) is 17.5. The van der Waals surface area contributed by atoms with Crippen molar-refractivity contribution in [3.63, 3.8) is 0 Å². The Morgan fingerprint density at radius 3 is 2.97 bits per heavy atom. The highest BCUT2D eigenvalue weighted by Gasteiger charge is 2.18. The highest BCUT2D eigenvalue weighted by molar-refractivity contribution is 8.01. The van der Waals surface area contributed by atoms with Crippen LogP contribution in [0.5, 0.6) is 5.75 Å². The van der Waals surface area contributed by atoms with E-state index in [1.54, 1.807) is 35.2 Å². The van der Waals surface area contributed by atoms with Crippen LogP contribution in [0.15, 0.2) is 46.8 Å². The fraction of sp³-hybridized carbons (Fsp3) is 0.238. The SMILES string of the molecule is O=C1COc2ccc(C(=O)COC(=O)CCCSc3nc4ccccc4s3)cc2N1. The lowest BCUT2D eigenvalue weighted by atomic mass is 10.1. The fourth-order valence-corrected chi connectivity index (χ4v) is 4.93. The van der Waals surface area contributed by atoms with Crippen LogP contribution in [0.4, 0.5) is 5.69 Å². The molecule has 0 saturated carbocycles. The lowest BCUT2D eigenvalue weighted by Gasteiger charge is -2.18. The van der Waals surface area contributed by atoms with Crippen LogP contribution in [0.3, 0.4) is 0 Å². The molecule has 2 aromatic carbocycles. The maximum atomic E-state index is 12.3. The molecule has 0 aliphatic carbocycles. The molecule has 0 unspecified atom stereocenters. The van der Waals surface area contributed by atoms with E-state index < -0.39 is 5.97 Å². The van der Waals surface area contributed by atoms with E-state index in [1.807, 2.05) is 24.3 Å². The predicted molar refractivity (Wildman–Crippen MR) is 115 cm³/mol. The number of ether oxygens (including phenoxy) is 2. The van der Waals surface area contributed by atoms with Crippen molar-refractivity contribution in [3.05, 3.63) is 48.0 Å². The van der Waals surface area contributed by atoms with Crippen molar-refractivity contribution in [2.45, 2.75) is 17.2 Å². The van der Waals surface area contributed by atoms with E-state index >= 15 is 0 Å². The maximum absolute atomic E-state index is 12.3. The third kappa shape index (κ3) is 4.98. The summed E-state index contributed by atoms with van der Waals surface area (Å²) < 4.78 is 12.5. The minimum Gasteiger partial charge on any atom is -0.482 e. The third-order valence-electron chi connectivity index (χ3n) is 4.32. The Morgan fingerprint density at radius 2 is 2.10 bits per heavy atom. The zero-order valence-electron chi connectivity index (χ0n) is 15.9. The first kappa shape index (κ1) is 20.4. The average Bonchev–Trinajstić information content (AvgIpc) is 3.17. The van der Waals surface area contributed by atoms with Gasteiger partial charge in [0.1, 0.15) is 5.75 Å². The van der Waals surface area contributed by atoms with Crippen LogP contribution in [-0.4, -0.2) is 41.6 Å². The van der Waals surface area contributed by atoms with Crippen molar-refractivity contribution < 1.29 is 23.9 Å². The van der Waals surface area contributed by atoms with Crippen molar-refractivity contribution in [3.8, 4) is 5.75 Å². The van der Waals surface area contributed by atoms with E-state index in [-0.39, 0.29) is 31.3 Å². The van der Waals surface area contributed by atoms with Crippen LogP contribution < -0.4 is 10.1 Å². The summed E-state index contributed by atoms with van der Waals surface area (Å²) in [6.45, 7) is -0.382. The van der Waals surface area contributed by atoms with Crippen molar-refractivity contribution in [1.82, 2.24) is 4.98 Å². The first-order valence-corrected chi connectivity index (χ1v) is 11.1. The topological polar surface area (TPSA) is 94.6 Å². The second-order valence-corrected chi connectivity index (χ2v) is 8.90. The molecular formula is C21H18N2O5S2. The van der Waals surface area contributed by atoms with E-state index in [0.717, 1.165) is 20.3 Å². The molecule has 1 aromatic heterocycles. The largest absolute Gasteiger partial charge is 0.482 e. The van der Waals surface area contributed by atoms with Gasteiger partial charge >= 0.3 is 5.97 Å². The highest BCUT2D eigenvalue weighted by Crippen LogP contribution is 2.30. The summed E-state index contributed by atoms with van der Waals surface area (Å²) in [6, 6.07) is 12.7. The summed E-state index contributed by atoms with van der Waals surface area (Å²) in [5.41, 5.74) is 1.77. The molecule has 1 N–H and O–H groups in total. The normalized spacial score (nSPS) is 12.7. The number of esters is 1. The van der Waals surface area contributed by atoms with Crippen LogP contribution in [0, 0.1) is 0 Å². The second kappa shape index (κ2) is 9.27. The monoisotopic (exact) mass is 442 g/mol. The van der Waals surface area contributed by atoms with Crippen LogP contribution in [0.25, 0.3) is 10.2 Å². The first-order valence-electron chi connectivity index (χ1n) is 9.32. The highest BCUT2D eigenvalue weighted by atomic mass is 32.2. The van der Waals surface area contributed by atoms with Gasteiger partial charge in [-0.15, -0.1) is 11.3 Å². The number of hydrogen-bond donors (Lipinski definition) is 1. The number of fused-ring (bicyclic) bond motifs is 2. The van der Waals surface area contributed by atoms with Crippen LogP contribution in [-0.2, 0) is 14.3 Å². The lowest BCUT2D eigenvalue weighted by molar-refractivity contribution is -0.142. The van der Waals surface area contributed by atoms with Gasteiger partial charge in [0.15, 0.2) is 23.3 Å². The minimum absolute atomic E-state index is 0.0465. The quantitative estimate of drug-likeness (QED) is 0.244. The Morgan fingerprint density at radius 1 is 1.23 bits per heavy atom. The lowest BCUT2D eigenvalue weighted by Crippen LogP contribution is -2.25. The Hall–Kier alpha value is -2.91. The number of Topliss-reactive ketones (excluding diaryl/α,β-unsaturated/α-hetero) is 1. The molecule has 1 aliphatic rings. The van der Waals surface area contributed by atoms with Gasteiger partial charge in [-0.1, -0.05) is 23.9 Å². The predicted octanol–water partition coefficient (Wildman–Crippen LogP) is 3.93. The number of thioether (sulfide) groups is 1. The number of nitrogens with zero attached hydrogens (tertiary/aromatic N) is 1. The number of carbonyl (C=O) groups excluding carboxylic acids is 3. The molecule has 2 heterocycles. The molecule has 0 saturated heterocycles. The molecule has 0 radical (unpaired) electrons. The molecule has 1 amide bonds. The minimum atomic E-state index is -0.414. The Labute approximate surface area is 180 Å². The van der Waals surface area contributed by atoms with Gasteiger partial charge in [0.2, 0.25) is 0 Å². The molecule has 3 aromatic rings. The molecule has 0 spiro atoms. The van der Waals surface area contributed by atoms with E-state index in [2.05, 4.69) is 10.3 Å². The van der Waals surface area contributed by atoms with Gasteiger partial charge in [0, 0.05) is 17.7 Å². The Balaban J connectivity index is 1.19. The number of ketones is 1. The number of thiazole rings is 1. The Bertz CT molecular complexity index is 1080. The number of anilines is 1. The number of nitrogens with one attached hydrogen (secondary N) is 1. The number of para-hydroxylation sites is 1. The molecule has 1 aliphatic heterocycles. The molecular weight excluding hydrogens is 424 g/mol. The smallest absolute Gasteiger partial charge is 0.306 e. The van der Waals surface area contributed by atoms with Gasteiger partial charge in [-0.3, -0.25) is 14.4 Å². The first-order chi connectivity index (χ1) is 14.6. The number of rotatable bonds is 8. The van der Waals surface area contributed by atoms with Crippen LogP contribution in [0.1, 0.15) is 23.2 Å². The number of amides is 1. The molecule has 30 heavy (non-hydrogen) atoms. The van der Waals surface area contributed by atoms with Crippen molar-refractivity contribution in [1.29, 1.82) is 0 Å². The molecule has 9 heteroatoms. The van der Waals surface area contributed by atoms with E-state index in [4.69, 9.17) is 9.47 Å². The summed E-state index contributed by atoms with van der Waals surface area (Å²) in [7, 11) is 0. The molecule has 4 rings (SSSR count). The van der Waals surface area contributed by atoms with Crippen LogP contribution >= 0.6 is 23.1 Å². The number of hydrogen-bond acceptors (Lipinski definition) is 8. The maximum Gasteiger partial charge on any atom is 0.306 e. The van der Waals surface area contributed by atoms with E-state index in [9.17, 15) is 14.4 Å². The van der Waals surface area contributed by atoms with Gasteiger partial charge in [-0.2, -0.15) is 0 Å². The Kier molecular flexibility index (Phi) is 6.29. The zero-order chi connectivity index (χ0) is 20.9.